The summed E-state index contributed by atoms with van der Waals surface area (Å²) in [4.78, 5) is 15.1. The summed E-state index contributed by atoms with van der Waals surface area (Å²) in [6.07, 6.45) is -2.93. The Labute approximate surface area is 111 Å². The van der Waals surface area contributed by atoms with Crippen molar-refractivity contribution in [1.29, 1.82) is 0 Å². The number of carbonyl (C=O) groups is 1. The lowest BCUT2D eigenvalue weighted by atomic mass is 10.2. The first-order chi connectivity index (χ1) is 8.49. The maximum atomic E-state index is 12.7. The lowest BCUT2D eigenvalue weighted by Gasteiger charge is -2.11. The number of aromatic nitrogens is 1. The van der Waals surface area contributed by atoms with Crippen LogP contribution in [-0.2, 0) is 16.0 Å². The Kier molecular flexibility index (Phi) is 5.46. The van der Waals surface area contributed by atoms with Gasteiger partial charge < -0.3 is 9.47 Å². The van der Waals surface area contributed by atoms with Gasteiger partial charge in [-0.15, -0.1) is 0 Å². The molecule has 7 heteroatoms. The van der Waals surface area contributed by atoms with Gasteiger partial charge in [0, 0.05) is 4.47 Å². The topological polar surface area (TPSA) is 48.4 Å². The van der Waals surface area contributed by atoms with Crippen LogP contribution in [0.1, 0.15) is 24.7 Å². The highest BCUT2D eigenvalue weighted by Crippen LogP contribution is 2.31. The first-order valence-electron chi connectivity index (χ1n) is 5.16. The van der Waals surface area contributed by atoms with Gasteiger partial charge in [0.05, 0.1) is 25.8 Å². The largest absolute Gasteiger partial charge is 0.495 e. The van der Waals surface area contributed by atoms with E-state index in [0.29, 0.717) is 0 Å². The van der Waals surface area contributed by atoms with Crippen molar-refractivity contribution < 1.29 is 23.0 Å². The van der Waals surface area contributed by atoms with E-state index in [4.69, 9.17) is 9.47 Å². The van der Waals surface area contributed by atoms with Crippen molar-refractivity contribution in [2.75, 3.05) is 13.7 Å². The molecular formula is C11H12BrF2NO3. The molecule has 0 aliphatic carbocycles. The summed E-state index contributed by atoms with van der Waals surface area (Å²) >= 11 is 2.98. The Bertz CT molecular complexity index is 441. The van der Waals surface area contributed by atoms with E-state index in [1.165, 1.54) is 13.2 Å². The van der Waals surface area contributed by atoms with E-state index in [0.717, 1.165) is 0 Å². The van der Waals surface area contributed by atoms with Crippen LogP contribution in [0, 0.1) is 0 Å². The molecule has 0 radical (unpaired) electrons. The molecule has 0 fully saturated rings. The van der Waals surface area contributed by atoms with Gasteiger partial charge >= 0.3 is 5.97 Å². The smallest absolute Gasteiger partial charge is 0.312 e. The van der Waals surface area contributed by atoms with Crippen LogP contribution in [0.3, 0.4) is 0 Å². The zero-order chi connectivity index (χ0) is 13.7. The molecule has 1 heterocycles. The summed E-state index contributed by atoms with van der Waals surface area (Å²) in [5.41, 5.74) is -0.287. The molecule has 0 bridgehead atoms. The molecule has 1 aromatic rings. The number of ether oxygens (including phenoxy) is 2. The molecule has 0 aromatic carbocycles. The average molecular weight is 324 g/mol. The fraction of sp³-hybridized carbons (Fsp3) is 0.455. The monoisotopic (exact) mass is 323 g/mol. The first kappa shape index (κ1) is 14.8. The van der Waals surface area contributed by atoms with Crippen LogP contribution in [-0.4, -0.2) is 24.7 Å². The molecule has 0 unspecified atom stereocenters. The summed E-state index contributed by atoms with van der Waals surface area (Å²) in [6.45, 7) is 1.88. The molecule has 0 aliphatic rings. The van der Waals surface area contributed by atoms with Gasteiger partial charge in [-0.2, -0.15) is 0 Å². The minimum atomic E-state index is -2.73. The third kappa shape index (κ3) is 3.63. The van der Waals surface area contributed by atoms with Gasteiger partial charge in [-0.25, -0.2) is 13.8 Å². The van der Waals surface area contributed by atoms with Gasteiger partial charge in [-0.1, -0.05) is 0 Å². The number of pyridine rings is 1. The fourth-order valence-electron chi connectivity index (χ4n) is 1.33. The standard InChI is InChI=1S/C11H12BrF2NO3/c1-3-18-9(16)5-7-8(17-2)4-6(12)10(15-7)11(13)14/h4,11H,3,5H2,1-2H3. The second kappa shape index (κ2) is 6.63. The van der Waals surface area contributed by atoms with Crippen LogP contribution in [0.4, 0.5) is 8.78 Å². The van der Waals surface area contributed by atoms with Crippen molar-refractivity contribution in [3.8, 4) is 5.75 Å². The van der Waals surface area contributed by atoms with Crippen molar-refractivity contribution >= 4 is 21.9 Å². The zero-order valence-corrected chi connectivity index (χ0v) is 11.5. The van der Waals surface area contributed by atoms with E-state index in [-0.39, 0.29) is 28.9 Å². The third-order valence-corrected chi connectivity index (χ3v) is 2.72. The van der Waals surface area contributed by atoms with Crippen molar-refractivity contribution in [2.24, 2.45) is 0 Å². The van der Waals surface area contributed by atoms with Gasteiger partial charge in [-0.05, 0) is 28.9 Å². The van der Waals surface area contributed by atoms with Crippen molar-refractivity contribution in [3.05, 3.63) is 21.9 Å². The number of halogens is 3. The van der Waals surface area contributed by atoms with E-state index < -0.39 is 18.1 Å². The van der Waals surface area contributed by atoms with Gasteiger partial charge in [0.15, 0.2) is 0 Å². The second-order valence-electron chi connectivity index (χ2n) is 3.29. The normalized spacial score (nSPS) is 10.6. The molecule has 0 spiro atoms. The summed E-state index contributed by atoms with van der Waals surface area (Å²) < 4.78 is 35.2. The minimum absolute atomic E-state index is 0.134. The van der Waals surface area contributed by atoms with Gasteiger partial charge in [0.2, 0.25) is 0 Å². The fourth-order valence-corrected chi connectivity index (χ4v) is 1.80. The molecule has 0 N–H and O–H groups in total. The van der Waals surface area contributed by atoms with E-state index in [9.17, 15) is 13.6 Å². The number of methoxy groups -OCH3 is 1. The van der Waals surface area contributed by atoms with Crippen LogP contribution in [0.2, 0.25) is 0 Å². The predicted molar refractivity (Wildman–Crippen MR) is 63.8 cm³/mol. The zero-order valence-electron chi connectivity index (χ0n) is 9.87. The van der Waals surface area contributed by atoms with Crippen LogP contribution in [0.15, 0.2) is 10.5 Å². The second-order valence-corrected chi connectivity index (χ2v) is 4.14. The minimum Gasteiger partial charge on any atom is -0.495 e. The van der Waals surface area contributed by atoms with Crippen molar-refractivity contribution in [1.82, 2.24) is 4.98 Å². The lowest BCUT2D eigenvalue weighted by molar-refractivity contribution is -0.142. The van der Waals surface area contributed by atoms with Gasteiger partial charge in [0.25, 0.3) is 6.43 Å². The van der Waals surface area contributed by atoms with Crippen LogP contribution < -0.4 is 4.74 Å². The summed E-state index contributed by atoms with van der Waals surface area (Å²) in [5, 5.41) is 0. The Morgan fingerprint density at radius 2 is 2.22 bits per heavy atom. The van der Waals surface area contributed by atoms with Crippen molar-refractivity contribution in [2.45, 2.75) is 19.8 Å². The highest BCUT2D eigenvalue weighted by molar-refractivity contribution is 9.10. The van der Waals surface area contributed by atoms with E-state index >= 15 is 0 Å². The SMILES string of the molecule is CCOC(=O)Cc1nc(C(F)F)c(Br)cc1OC. The van der Waals surface area contributed by atoms with E-state index in [2.05, 4.69) is 20.9 Å². The summed E-state index contributed by atoms with van der Waals surface area (Å²) in [5.74, 6) is -0.273. The highest BCUT2D eigenvalue weighted by atomic mass is 79.9. The molecule has 1 aromatic heterocycles. The molecule has 0 amide bonds. The maximum absolute atomic E-state index is 12.7. The van der Waals surface area contributed by atoms with Crippen molar-refractivity contribution in [3.63, 3.8) is 0 Å². The Morgan fingerprint density at radius 1 is 1.56 bits per heavy atom. The molecule has 1 rings (SSSR count). The quantitative estimate of drug-likeness (QED) is 0.782. The number of hydrogen-bond donors (Lipinski definition) is 0. The van der Waals surface area contributed by atoms with Crippen LogP contribution in [0.5, 0.6) is 5.75 Å². The molecular weight excluding hydrogens is 312 g/mol. The molecule has 0 saturated heterocycles. The molecule has 100 valence electrons. The molecule has 0 atom stereocenters. The Morgan fingerprint density at radius 3 is 2.72 bits per heavy atom. The highest BCUT2D eigenvalue weighted by Gasteiger charge is 2.19. The number of hydrogen-bond acceptors (Lipinski definition) is 4. The molecule has 4 nitrogen and oxygen atoms in total. The Hall–Kier alpha value is -1.24. The third-order valence-electron chi connectivity index (χ3n) is 2.09. The van der Waals surface area contributed by atoms with E-state index in [1.54, 1.807) is 6.92 Å². The number of rotatable bonds is 5. The molecule has 18 heavy (non-hydrogen) atoms. The number of esters is 1. The number of carbonyl (C=O) groups excluding carboxylic acids is 1. The van der Waals surface area contributed by atoms with Gasteiger partial charge in [-0.3, -0.25) is 4.79 Å². The predicted octanol–water partition coefficient (Wildman–Crippen LogP) is 2.90. The molecule has 0 saturated carbocycles. The number of alkyl halides is 2. The van der Waals surface area contributed by atoms with Crippen LogP contribution in [0.25, 0.3) is 0 Å². The van der Waals surface area contributed by atoms with Crippen LogP contribution >= 0.6 is 15.9 Å². The van der Waals surface area contributed by atoms with E-state index in [1.807, 2.05) is 0 Å². The summed E-state index contributed by atoms with van der Waals surface area (Å²) in [7, 11) is 1.38. The van der Waals surface area contributed by atoms with Gasteiger partial charge in [0.1, 0.15) is 11.4 Å². The maximum Gasteiger partial charge on any atom is 0.312 e. The summed E-state index contributed by atoms with van der Waals surface area (Å²) in [6, 6.07) is 1.36. The lowest BCUT2D eigenvalue weighted by Crippen LogP contribution is -2.11. The average Bonchev–Trinajstić information content (AvgIpc) is 2.30. The Balaban J connectivity index is 3.08. The molecule has 0 aliphatic heterocycles. The number of nitrogens with zero attached hydrogens (tertiary/aromatic N) is 1. The first-order valence-corrected chi connectivity index (χ1v) is 5.96.